The minimum Gasteiger partial charge on any atom is -0.378 e. The van der Waals surface area contributed by atoms with E-state index >= 15 is 0 Å². The number of rotatable bonds is 7. The predicted molar refractivity (Wildman–Crippen MR) is 95.1 cm³/mol. The molecule has 0 aromatic heterocycles. The fourth-order valence-electron chi connectivity index (χ4n) is 2.26. The second-order valence-corrected chi connectivity index (χ2v) is 5.69. The number of ketones is 1. The molecule has 2 N–H and O–H groups in total. The molecule has 2 rings (SSSR count). The van der Waals surface area contributed by atoms with Gasteiger partial charge >= 0.3 is 0 Å². The molecule has 0 bridgehead atoms. The molecule has 0 atom stereocenters. The second kappa shape index (κ2) is 8.19. The van der Waals surface area contributed by atoms with Crippen molar-refractivity contribution in [2.75, 3.05) is 18.4 Å². The Morgan fingerprint density at radius 1 is 1.12 bits per heavy atom. The number of aryl methyl sites for hydroxylation is 1. The zero-order chi connectivity index (χ0) is 19.3. The first-order valence-electron chi connectivity index (χ1n) is 7.87. The molecule has 2 aromatic carbocycles. The van der Waals surface area contributed by atoms with Crippen LogP contribution in [0.4, 0.5) is 15.8 Å². The lowest BCUT2D eigenvalue weighted by molar-refractivity contribution is -0.384. The van der Waals surface area contributed by atoms with Gasteiger partial charge in [-0.05, 0) is 43.7 Å². The number of Topliss-reactive ketones (excluding diaryl/α,β-unsaturated/α-hetero) is 1. The Bertz CT molecular complexity index is 868. The summed E-state index contributed by atoms with van der Waals surface area (Å²) in [7, 11) is 0. The maximum atomic E-state index is 13.5. The number of carbonyl (C=O) groups excluding carboxylic acids is 2. The van der Waals surface area contributed by atoms with Crippen LogP contribution in [-0.4, -0.2) is 29.7 Å². The van der Waals surface area contributed by atoms with E-state index in [0.29, 0.717) is 5.56 Å². The van der Waals surface area contributed by atoms with Crippen molar-refractivity contribution in [3.8, 4) is 0 Å². The van der Waals surface area contributed by atoms with E-state index in [9.17, 15) is 24.1 Å². The lowest BCUT2D eigenvalue weighted by atomic mass is 10.1. The van der Waals surface area contributed by atoms with E-state index < -0.39 is 16.6 Å². The Morgan fingerprint density at radius 2 is 1.81 bits per heavy atom. The molecular formula is C18H18FN3O4. The molecule has 0 saturated carbocycles. The molecule has 0 heterocycles. The number of hydrogen-bond acceptors (Lipinski definition) is 5. The molecule has 0 unspecified atom stereocenters. The first-order chi connectivity index (χ1) is 12.3. The minimum atomic E-state index is -0.581. The van der Waals surface area contributed by atoms with E-state index in [0.717, 1.165) is 6.07 Å². The molecule has 1 amide bonds. The van der Waals surface area contributed by atoms with Crippen molar-refractivity contribution in [2.24, 2.45) is 0 Å². The van der Waals surface area contributed by atoms with Crippen molar-refractivity contribution in [3.63, 3.8) is 0 Å². The summed E-state index contributed by atoms with van der Waals surface area (Å²) in [6.07, 6.45) is 0. The summed E-state index contributed by atoms with van der Waals surface area (Å²) in [6, 6.07) is 8.34. The SMILES string of the molecule is CC(=O)c1ccc(NCCNC(=O)c2ccc(C)c(F)c2)c([N+](=O)[O-])c1. The van der Waals surface area contributed by atoms with Gasteiger partial charge in [0.2, 0.25) is 0 Å². The number of hydrogen-bond donors (Lipinski definition) is 2. The van der Waals surface area contributed by atoms with Gasteiger partial charge in [-0.2, -0.15) is 0 Å². The van der Waals surface area contributed by atoms with Gasteiger partial charge < -0.3 is 10.6 Å². The van der Waals surface area contributed by atoms with Crippen molar-refractivity contribution in [2.45, 2.75) is 13.8 Å². The molecule has 0 aliphatic rings. The van der Waals surface area contributed by atoms with E-state index in [1.54, 1.807) is 6.92 Å². The number of carbonyl (C=O) groups is 2. The highest BCUT2D eigenvalue weighted by Gasteiger charge is 2.16. The van der Waals surface area contributed by atoms with Crippen molar-refractivity contribution in [1.29, 1.82) is 0 Å². The Kier molecular flexibility index (Phi) is 6.00. The Labute approximate surface area is 149 Å². The molecule has 0 spiro atoms. The lowest BCUT2D eigenvalue weighted by Crippen LogP contribution is -2.29. The van der Waals surface area contributed by atoms with E-state index in [4.69, 9.17) is 0 Å². The van der Waals surface area contributed by atoms with Gasteiger partial charge in [0.05, 0.1) is 4.92 Å². The van der Waals surface area contributed by atoms with Gasteiger partial charge in [0.15, 0.2) is 5.78 Å². The van der Waals surface area contributed by atoms with E-state index in [-0.39, 0.29) is 41.4 Å². The summed E-state index contributed by atoms with van der Waals surface area (Å²) < 4.78 is 13.5. The van der Waals surface area contributed by atoms with Crippen LogP contribution < -0.4 is 10.6 Å². The number of benzene rings is 2. The maximum Gasteiger partial charge on any atom is 0.293 e. The molecule has 136 valence electrons. The van der Waals surface area contributed by atoms with Crippen molar-refractivity contribution < 1.29 is 18.9 Å². The van der Waals surface area contributed by atoms with Crippen molar-refractivity contribution >= 4 is 23.1 Å². The van der Waals surface area contributed by atoms with Crippen LogP contribution in [0.25, 0.3) is 0 Å². The minimum absolute atomic E-state index is 0.180. The second-order valence-electron chi connectivity index (χ2n) is 5.69. The highest BCUT2D eigenvalue weighted by Crippen LogP contribution is 2.25. The maximum absolute atomic E-state index is 13.5. The average Bonchev–Trinajstić information content (AvgIpc) is 2.60. The summed E-state index contributed by atoms with van der Waals surface area (Å²) in [5.74, 6) is -1.17. The van der Waals surface area contributed by atoms with Crippen LogP contribution in [0, 0.1) is 22.9 Å². The molecule has 0 fully saturated rings. The van der Waals surface area contributed by atoms with Gasteiger partial charge in [-0.25, -0.2) is 4.39 Å². The molecule has 26 heavy (non-hydrogen) atoms. The first kappa shape index (κ1) is 19.0. The van der Waals surface area contributed by atoms with Gasteiger partial charge in [0.25, 0.3) is 11.6 Å². The molecule has 0 radical (unpaired) electrons. The van der Waals surface area contributed by atoms with Crippen LogP contribution in [0.1, 0.15) is 33.2 Å². The fraction of sp³-hybridized carbons (Fsp3) is 0.222. The zero-order valence-corrected chi connectivity index (χ0v) is 14.3. The number of anilines is 1. The van der Waals surface area contributed by atoms with Crippen molar-refractivity contribution in [1.82, 2.24) is 5.32 Å². The number of nitro groups is 1. The van der Waals surface area contributed by atoms with Crippen LogP contribution in [-0.2, 0) is 0 Å². The fourth-order valence-corrected chi connectivity index (χ4v) is 2.26. The quantitative estimate of drug-likeness (QED) is 0.342. The van der Waals surface area contributed by atoms with E-state index in [1.165, 1.54) is 37.3 Å². The molecule has 0 aliphatic carbocycles. The molecule has 8 heteroatoms. The van der Waals surface area contributed by atoms with Gasteiger partial charge in [0, 0.05) is 30.3 Å². The summed E-state index contributed by atoms with van der Waals surface area (Å²) >= 11 is 0. The summed E-state index contributed by atoms with van der Waals surface area (Å²) in [6.45, 7) is 3.33. The Morgan fingerprint density at radius 3 is 2.42 bits per heavy atom. The number of nitrogens with one attached hydrogen (secondary N) is 2. The summed E-state index contributed by atoms with van der Waals surface area (Å²) in [5.41, 5.74) is 0.923. The van der Waals surface area contributed by atoms with Gasteiger partial charge in [-0.15, -0.1) is 0 Å². The number of nitrogens with zero attached hydrogens (tertiary/aromatic N) is 1. The first-order valence-corrected chi connectivity index (χ1v) is 7.87. The van der Waals surface area contributed by atoms with Gasteiger partial charge in [-0.1, -0.05) is 6.07 Å². The normalized spacial score (nSPS) is 10.3. The summed E-state index contributed by atoms with van der Waals surface area (Å²) in [5, 5.41) is 16.6. The topological polar surface area (TPSA) is 101 Å². The van der Waals surface area contributed by atoms with Gasteiger partial charge in [0.1, 0.15) is 11.5 Å². The number of nitro benzene ring substituents is 1. The average molecular weight is 359 g/mol. The van der Waals surface area contributed by atoms with Crippen LogP contribution >= 0.6 is 0 Å². The monoisotopic (exact) mass is 359 g/mol. The van der Waals surface area contributed by atoms with E-state index in [2.05, 4.69) is 10.6 Å². The molecule has 2 aromatic rings. The summed E-state index contributed by atoms with van der Waals surface area (Å²) in [4.78, 5) is 33.8. The number of amides is 1. The molecule has 0 saturated heterocycles. The Balaban J connectivity index is 1.95. The van der Waals surface area contributed by atoms with Crippen molar-refractivity contribution in [3.05, 3.63) is 69.0 Å². The third-order valence-corrected chi connectivity index (χ3v) is 3.76. The zero-order valence-electron chi connectivity index (χ0n) is 14.3. The van der Waals surface area contributed by atoms with E-state index in [1.807, 2.05) is 0 Å². The lowest BCUT2D eigenvalue weighted by Gasteiger charge is -2.09. The largest absolute Gasteiger partial charge is 0.378 e. The van der Waals surface area contributed by atoms with Crippen LogP contribution in [0.15, 0.2) is 36.4 Å². The highest BCUT2D eigenvalue weighted by molar-refractivity contribution is 5.95. The number of halogens is 1. The third-order valence-electron chi connectivity index (χ3n) is 3.76. The standard InChI is InChI=1S/C18H18FN3O4/c1-11-3-4-14(9-15(11)19)18(24)21-8-7-20-16-6-5-13(12(2)23)10-17(16)22(25)26/h3-6,9-10,20H,7-8H2,1-2H3,(H,21,24). The molecule has 0 aliphatic heterocycles. The third kappa shape index (κ3) is 4.62. The predicted octanol–water partition coefficient (Wildman–Crippen LogP) is 3.09. The Hall–Kier alpha value is -3.29. The van der Waals surface area contributed by atoms with Crippen LogP contribution in [0.3, 0.4) is 0 Å². The van der Waals surface area contributed by atoms with Gasteiger partial charge in [-0.3, -0.25) is 19.7 Å². The molecular weight excluding hydrogens is 341 g/mol. The van der Waals surface area contributed by atoms with Crippen LogP contribution in [0.2, 0.25) is 0 Å². The van der Waals surface area contributed by atoms with Crippen LogP contribution in [0.5, 0.6) is 0 Å². The smallest absolute Gasteiger partial charge is 0.293 e. The molecule has 7 nitrogen and oxygen atoms in total. The highest BCUT2D eigenvalue weighted by atomic mass is 19.1.